The van der Waals surface area contributed by atoms with Gasteiger partial charge in [0, 0.05) is 44.0 Å². The maximum atomic E-state index is 12.5. The lowest BCUT2D eigenvalue weighted by Crippen LogP contribution is -2.48. The van der Waals surface area contributed by atoms with Gasteiger partial charge >= 0.3 is 0 Å². The van der Waals surface area contributed by atoms with Crippen LogP contribution in [0, 0.1) is 0 Å². The number of piperazine rings is 1. The lowest BCUT2D eigenvalue weighted by Gasteiger charge is -2.35. The van der Waals surface area contributed by atoms with Gasteiger partial charge in [0.25, 0.3) is 0 Å². The molecule has 0 aliphatic carbocycles. The maximum Gasteiger partial charge on any atom is 0.246 e. The van der Waals surface area contributed by atoms with E-state index in [1.165, 1.54) is 5.69 Å². The third kappa shape index (κ3) is 4.36. The van der Waals surface area contributed by atoms with Crippen LogP contribution in [0.3, 0.4) is 0 Å². The van der Waals surface area contributed by atoms with Crippen molar-refractivity contribution in [2.45, 2.75) is 0 Å². The summed E-state index contributed by atoms with van der Waals surface area (Å²) in [6.07, 6.45) is 3.42. The summed E-state index contributed by atoms with van der Waals surface area (Å²) in [5.41, 5.74) is 2.08. The molecule has 5 nitrogen and oxygen atoms in total. The Balaban J connectivity index is 1.60. The van der Waals surface area contributed by atoms with Gasteiger partial charge in [-0.1, -0.05) is 18.2 Å². The van der Waals surface area contributed by atoms with Gasteiger partial charge in [0.15, 0.2) is 0 Å². The molecule has 0 bridgehead atoms. The molecule has 0 atom stereocenters. The first-order chi connectivity index (χ1) is 12.7. The maximum absolute atomic E-state index is 12.5. The van der Waals surface area contributed by atoms with E-state index in [1.807, 2.05) is 41.3 Å². The van der Waals surface area contributed by atoms with Crippen LogP contribution in [0.15, 0.2) is 54.6 Å². The fraction of sp³-hybridized carbons (Fsp3) is 0.286. The monoisotopic (exact) mass is 352 g/mol. The van der Waals surface area contributed by atoms with Crippen LogP contribution in [0.4, 0.5) is 5.69 Å². The molecule has 26 heavy (non-hydrogen) atoms. The van der Waals surface area contributed by atoms with Gasteiger partial charge in [-0.15, -0.1) is 0 Å². The average molecular weight is 352 g/mol. The molecule has 5 heteroatoms. The number of carbonyl (C=O) groups is 1. The van der Waals surface area contributed by atoms with Crippen LogP contribution in [-0.4, -0.2) is 51.2 Å². The van der Waals surface area contributed by atoms with Gasteiger partial charge < -0.3 is 19.3 Å². The highest BCUT2D eigenvalue weighted by Gasteiger charge is 2.19. The molecule has 3 rings (SSSR count). The topological polar surface area (TPSA) is 42.0 Å². The highest BCUT2D eigenvalue weighted by molar-refractivity contribution is 5.92. The fourth-order valence-electron chi connectivity index (χ4n) is 3.02. The summed E-state index contributed by atoms with van der Waals surface area (Å²) in [6, 6.07) is 15.9. The molecule has 1 heterocycles. The van der Waals surface area contributed by atoms with Crippen molar-refractivity contribution >= 4 is 17.7 Å². The molecule has 1 aliphatic heterocycles. The summed E-state index contributed by atoms with van der Waals surface area (Å²) in [5.74, 6) is 1.43. The highest BCUT2D eigenvalue weighted by Crippen LogP contribution is 2.23. The number of hydrogen-bond donors (Lipinski definition) is 0. The Morgan fingerprint density at radius 3 is 2.12 bits per heavy atom. The Bertz CT molecular complexity index is 744. The molecule has 0 saturated carbocycles. The van der Waals surface area contributed by atoms with E-state index >= 15 is 0 Å². The smallest absolute Gasteiger partial charge is 0.246 e. The first kappa shape index (κ1) is 17.9. The second kappa shape index (κ2) is 8.43. The van der Waals surface area contributed by atoms with E-state index in [9.17, 15) is 4.79 Å². The highest BCUT2D eigenvalue weighted by atomic mass is 16.5. The average Bonchev–Trinajstić information content (AvgIpc) is 2.72. The lowest BCUT2D eigenvalue weighted by atomic mass is 10.1. The molecule has 0 aromatic heterocycles. The number of nitrogens with zero attached hydrogens (tertiary/aromatic N) is 2. The van der Waals surface area contributed by atoms with Crippen LogP contribution < -0.4 is 14.4 Å². The van der Waals surface area contributed by atoms with Crippen LogP contribution in [0.25, 0.3) is 6.08 Å². The van der Waals surface area contributed by atoms with Crippen molar-refractivity contribution in [2.75, 3.05) is 45.3 Å². The third-order valence-electron chi connectivity index (χ3n) is 4.50. The number of rotatable bonds is 5. The van der Waals surface area contributed by atoms with E-state index in [1.54, 1.807) is 26.4 Å². The van der Waals surface area contributed by atoms with Crippen molar-refractivity contribution in [1.82, 2.24) is 4.90 Å². The van der Waals surface area contributed by atoms with Crippen molar-refractivity contribution in [1.29, 1.82) is 0 Å². The van der Waals surface area contributed by atoms with Crippen LogP contribution >= 0.6 is 0 Å². The molecular formula is C21H24N2O3. The first-order valence-electron chi connectivity index (χ1n) is 8.69. The molecule has 2 aromatic carbocycles. The molecule has 1 amide bonds. The summed E-state index contributed by atoms with van der Waals surface area (Å²) in [4.78, 5) is 16.7. The second-order valence-corrected chi connectivity index (χ2v) is 6.13. The second-order valence-electron chi connectivity index (χ2n) is 6.13. The number of benzene rings is 2. The molecule has 0 N–H and O–H groups in total. The zero-order chi connectivity index (χ0) is 18.4. The van der Waals surface area contributed by atoms with Crippen LogP contribution in [0.2, 0.25) is 0 Å². The van der Waals surface area contributed by atoms with E-state index in [0.717, 1.165) is 31.7 Å². The number of amides is 1. The minimum Gasteiger partial charge on any atom is -0.497 e. The predicted molar refractivity (Wildman–Crippen MR) is 104 cm³/mol. The van der Waals surface area contributed by atoms with Crippen molar-refractivity contribution in [3.63, 3.8) is 0 Å². The summed E-state index contributed by atoms with van der Waals surface area (Å²) in [6.45, 7) is 3.13. The largest absolute Gasteiger partial charge is 0.497 e. The van der Waals surface area contributed by atoms with Crippen molar-refractivity contribution in [2.24, 2.45) is 0 Å². The summed E-state index contributed by atoms with van der Waals surface area (Å²) < 4.78 is 10.5. The van der Waals surface area contributed by atoms with E-state index in [0.29, 0.717) is 11.5 Å². The number of hydrogen-bond acceptors (Lipinski definition) is 4. The Morgan fingerprint density at radius 1 is 0.923 bits per heavy atom. The third-order valence-corrected chi connectivity index (χ3v) is 4.50. The minimum atomic E-state index is 0.0273. The number of ether oxygens (including phenoxy) is 2. The number of carbonyl (C=O) groups excluding carboxylic acids is 1. The van der Waals surface area contributed by atoms with Crippen LogP contribution in [0.1, 0.15) is 5.56 Å². The number of para-hydroxylation sites is 1. The minimum absolute atomic E-state index is 0.0273. The van der Waals surface area contributed by atoms with Gasteiger partial charge in [-0.05, 0) is 35.9 Å². The summed E-state index contributed by atoms with van der Waals surface area (Å²) in [7, 11) is 3.22. The molecule has 0 spiro atoms. The predicted octanol–water partition coefficient (Wildman–Crippen LogP) is 3.07. The standard InChI is InChI=1S/C21H24N2O3/c1-25-19-14-17(15-20(16-19)26-2)8-9-21(24)23-12-10-22(11-13-23)18-6-4-3-5-7-18/h3-9,14-16H,10-13H2,1-2H3/b9-8+. The van der Waals surface area contributed by atoms with Crippen LogP contribution in [-0.2, 0) is 4.79 Å². The van der Waals surface area contributed by atoms with Gasteiger partial charge in [-0.3, -0.25) is 4.79 Å². The Labute approximate surface area is 154 Å². The van der Waals surface area contributed by atoms with Crippen molar-refractivity contribution in [3.05, 3.63) is 60.2 Å². The van der Waals surface area contributed by atoms with Gasteiger partial charge in [-0.25, -0.2) is 0 Å². The fourth-order valence-corrected chi connectivity index (χ4v) is 3.02. The van der Waals surface area contributed by atoms with E-state index < -0.39 is 0 Å². The van der Waals surface area contributed by atoms with Gasteiger partial charge in [-0.2, -0.15) is 0 Å². The number of methoxy groups -OCH3 is 2. The van der Waals surface area contributed by atoms with Crippen molar-refractivity contribution < 1.29 is 14.3 Å². The molecule has 1 aliphatic rings. The van der Waals surface area contributed by atoms with E-state index in [2.05, 4.69) is 17.0 Å². The van der Waals surface area contributed by atoms with E-state index in [-0.39, 0.29) is 5.91 Å². The molecular weight excluding hydrogens is 328 g/mol. The molecule has 0 unspecified atom stereocenters. The Morgan fingerprint density at radius 2 is 1.54 bits per heavy atom. The lowest BCUT2D eigenvalue weighted by molar-refractivity contribution is -0.126. The van der Waals surface area contributed by atoms with E-state index in [4.69, 9.17) is 9.47 Å². The summed E-state index contributed by atoms with van der Waals surface area (Å²) >= 11 is 0. The Kier molecular flexibility index (Phi) is 5.79. The normalized spacial score (nSPS) is 14.5. The van der Waals surface area contributed by atoms with Gasteiger partial charge in [0.05, 0.1) is 14.2 Å². The van der Waals surface area contributed by atoms with Crippen molar-refractivity contribution in [3.8, 4) is 11.5 Å². The SMILES string of the molecule is COc1cc(/C=C/C(=O)N2CCN(c3ccccc3)CC2)cc(OC)c1. The number of anilines is 1. The molecule has 136 valence electrons. The molecule has 0 radical (unpaired) electrons. The first-order valence-corrected chi connectivity index (χ1v) is 8.69. The molecule has 1 fully saturated rings. The van der Waals surface area contributed by atoms with Gasteiger partial charge in [0.2, 0.25) is 5.91 Å². The quantitative estimate of drug-likeness (QED) is 0.776. The zero-order valence-corrected chi connectivity index (χ0v) is 15.2. The molecule has 2 aromatic rings. The van der Waals surface area contributed by atoms with Crippen LogP contribution in [0.5, 0.6) is 11.5 Å². The zero-order valence-electron chi connectivity index (χ0n) is 15.2. The Hall–Kier alpha value is -2.95. The molecule has 1 saturated heterocycles. The summed E-state index contributed by atoms with van der Waals surface area (Å²) in [5, 5.41) is 0. The van der Waals surface area contributed by atoms with Gasteiger partial charge in [0.1, 0.15) is 11.5 Å².